The molecule has 0 aliphatic rings. The van der Waals surface area contributed by atoms with Gasteiger partial charge >= 0.3 is 11.9 Å². The van der Waals surface area contributed by atoms with Gasteiger partial charge in [-0.15, -0.1) is 39.7 Å². The fourth-order valence-electron chi connectivity index (χ4n) is 3.40. The number of phenols is 1. The molecule has 0 aliphatic carbocycles. The number of halogens is 1. The highest BCUT2D eigenvalue weighted by molar-refractivity contribution is 8.93. The van der Waals surface area contributed by atoms with Gasteiger partial charge < -0.3 is 31.5 Å². The van der Waals surface area contributed by atoms with E-state index in [2.05, 4.69) is 0 Å². The average molecular weight is 594 g/mol. The van der Waals surface area contributed by atoms with Gasteiger partial charge in [-0.05, 0) is 73.5 Å². The second-order valence-corrected chi connectivity index (χ2v) is 9.79. The van der Waals surface area contributed by atoms with Gasteiger partial charge in [-0.1, -0.05) is 0 Å². The molecule has 0 atom stereocenters. The zero-order chi connectivity index (χ0) is 25.9. The molecule has 2 aromatic carbocycles. The average Bonchev–Trinajstić information content (AvgIpc) is 3.46. The van der Waals surface area contributed by atoms with Gasteiger partial charge in [0.1, 0.15) is 21.3 Å². The van der Waals surface area contributed by atoms with E-state index in [4.69, 9.17) is 26.4 Å². The molecule has 0 saturated heterocycles. The van der Waals surface area contributed by atoms with Gasteiger partial charge in [0, 0.05) is 20.9 Å². The van der Waals surface area contributed by atoms with E-state index in [9.17, 15) is 14.7 Å². The van der Waals surface area contributed by atoms with Gasteiger partial charge in [-0.2, -0.15) is 0 Å². The smallest absolute Gasteiger partial charge is 0.345 e. The first-order chi connectivity index (χ1) is 16.5. The van der Waals surface area contributed by atoms with Crippen LogP contribution in [0.5, 0.6) is 11.5 Å². The van der Waals surface area contributed by atoms with Crippen LogP contribution in [0.15, 0.2) is 48.5 Å². The van der Waals surface area contributed by atoms with Crippen LogP contribution in [0.3, 0.4) is 0 Å². The zero-order valence-corrected chi connectivity index (χ0v) is 22.9. The van der Waals surface area contributed by atoms with Crippen LogP contribution in [-0.2, 0) is 0 Å². The number of carboxylic acids is 2. The number of aromatic hydroxyl groups is 1. The number of anilines is 2. The van der Waals surface area contributed by atoms with Crippen molar-refractivity contribution in [1.29, 1.82) is 0 Å². The number of rotatable bonds is 5. The number of hydrogen-bond acceptors (Lipinski definition) is 8. The molecule has 0 radical (unpaired) electrons. The molecule has 2 heterocycles. The molecular weight excluding hydrogens is 568 g/mol. The highest BCUT2D eigenvalue weighted by atomic mass is 79.9. The molecule has 0 bridgehead atoms. The third kappa shape index (κ3) is 6.36. The van der Waals surface area contributed by atoms with E-state index >= 15 is 0 Å². The first kappa shape index (κ1) is 28.7. The Kier molecular flexibility index (Phi) is 9.51. The number of aryl methyl sites for hydroxylation is 2. The number of carbonyl (C=O) groups is 2. The fraction of sp³-hybridized carbons (Fsp3) is 0.120. The molecule has 4 aromatic rings. The lowest BCUT2D eigenvalue weighted by atomic mass is 10.1. The Bertz CT molecular complexity index is 1410. The molecule has 0 fully saturated rings. The lowest BCUT2D eigenvalue weighted by molar-refractivity contribution is 0.0691. The second kappa shape index (κ2) is 11.9. The van der Waals surface area contributed by atoms with Crippen molar-refractivity contribution in [3.8, 4) is 32.4 Å². The van der Waals surface area contributed by atoms with Gasteiger partial charge in [0.2, 0.25) is 0 Å². The quantitative estimate of drug-likeness (QED) is 0.133. The van der Waals surface area contributed by atoms with E-state index in [1.54, 1.807) is 37.4 Å². The molecule has 4 rings (SSSR count). The standard InChI is InChI=1S/C13H13NO3S.C12H11NO3S.BrH/c1-7-5-8(12(17-2)9(14)6-7)10-3-4-11(18-10)13(15)16;1-6-4-7(11(14)8(13)5-6)9-2-3-10(17-9)12(15)16;/h3-6H,14H2,1-2H3,(H,15,16);2-5,14H,13H2,1H3,(H,15,16);1H. The minimum Gasteiger partial charge on any atom is -0.505 e. The van der Waals surface area contributed by atoms with E-state index in [-0.39, 0.29) is 27.6 Å². The van der Waals surface area contributed by atoms with Crippen LogP contribution in [0.1, 0.15) is 30.5 Å². The van der Waals surface area contributed by atoms with Gasteiger partial charge in [0.05, 0.1) is 18.5 Å². The summed E-state index contributed by atoms with van der Waals surface area (Å²) in [7, 11) is 1.55. The number of nitrogen functional groups attached to an aromatic ring is 2. The van der Waals surface area contributed by atoms with Crippen LogP contribution >= 0.6 is 39.7 Å². The van der Waals surface area contributed by atoms with Gasteiger partial charge in [-0.25, -0.2) is 9.59 Å². The summed E-state index contributed by atoms with van der Waals surface area (Å²) in [6, 6.07) is 13.8. The number of hydrogen-bond donors (Lipinski definition) is 5. The fourth-order valence-corrected chi connectivity index (χ4v) is 5.12. The number of benzene rings is 2. The Morgan fingerprint density at radius 3 is 1.67 bits per heavy atom. The predicted molar refractivity (Wildman–Crippen MR) is 150 cm³/mol. The maximum atomic E-state index is 10.9. The summed E-state index contributed by atoms with van der Waals surface area (Å²) in [5, 5.41) is 27.6. The molecular formula is C25H25BrN2O6S2. The third-order valence-corrected chi connectivity index (χ3v) is 7.13. The van der Waals surface area contributed by atoms with Crippen molar-refractivity contribution < 1.29 is 29.6 Å². The molecule has 8 nitrogen and oxygen atoms in total. The first-order valence-electron chi connectivity index (χ1n) is 10.2. The lowest BCUT2D eigenvalue weighted by Crippen LogP contribution is -1.95. The number of nitrogens with two attached hydrogens (primary N) is 2. The molecule has 2 aromatic heterocycles. The van der Waals surface area contributed by atoms with E-state index in [0.29, 0.717) is 32.4 Å². The molecule has 11 heteroatoms. The van der Waals surface area contributed by atoms with Crippen LogP contribution in [0.25, 0.3) is 20.9 Å². The van der Waals surface area contributed by atoms with Gasteiger partial charge in [0.25, 0.3) is 0 Å². The third-order valence-electron chi connectivity index (χ3n) is 4.91. The number of ether oxygens (including phenoxy) is 1. The van der Waals surface area contributed by atoms with Crippen molar-refractivity contribution in [3.05, 3.63) is 69.4 Å². The highest BCUT2D eigenvalue weighted by Crippen LogP contribution is 2.40. The maximum absolute atomic E-state index is 10.9. The summed E-state index contributed by atoms with van der Waals surface area (Å²) in [5.74, 6) is -1.32. The summed E-state index contributed by atoms with van der Waals surface area (Å²) >= 11 is 2.32. The molecule has 190 valence electrons. The van der Waals surface area contributed by atoms with E-state index in [1.807, 2.05) is 26.0 Å². The van der Waals surface area contributed by atoms with Crippen LogP contribution in [0.2, 0.25) is 0 Å². The maximum Gasteiger partial charge on any atom is 0.345 e. The van der Waals surface area contributed by atoms with Crippen molar-refractivity contribution in [3.63, 3.8) is 0 Å². The Labute approximate surface area is 226 Å². The largest absolute Gasteiger partial charge is 0.505 e. The van der Waals surface area contributed by atoms with Crippen LogP contribution in [0.4, 0.5) is 11.4 Å². The molecule has 0 amide bonds. The van der Waals surface area contributed by atoms with E-state index in [1.165, 1.54) is 17.4 Å². The molecule has 7 N–H and O–H groups in total. The highest BCUT2D eigenvalue weighted by Gasteiger charge is 2.15. The van der Waals surface area contributed by atoms with Crippen LogP contribution < -0.4 is 16.2 Å². The monoisotopic (exact) mass is 592 g/mol. The number of carboxylic acid groups (broad SMARTS) is 2. The Balaban J connectivity index is 0.000000247. The van der Waals surface area contributed by atoms with Gasteiger partial charge in [0.15, 0.2) is 0 Å². The van der Waals surface area contributed by atoms with Crippen molar-refractivity contribution in [2.24, 2.45) is 0 Å². The Morgan fingerprint density at radius 2 is 1.22 bits per heavy atom. The minimum atomic E-state index is -0.971. The summed E-state index contributed by atoms with van der Waals surface area (Å²) < 4.78 is 5.29. The van der Waals surface area contributed by atoms with E-state index in [0.717, 1.165) is 32.9 Å². The molecule has 36 heavy (non-hydrogen) atoms. The number of thiophene rings is 2. The Hall–Kier alpha value is -3.54. The van der Waals surface area contributed by atoms with Crippen LogP contribution in [-0.4, -0.2) is 34.4 Å². The molecule has 0 saturated carbocycles. The van der Waals surface area contributed by atoms with Crippen LogP contribution in [0, 0.1) is 13.8 Å². The zero-order valence-electron chi connectivity index (χ0n) is 19.6. The summed E-state index contributed by atoms with van der Waals surface area (Å²) in [5.41, 5.74) is 15.7. The normalized spacial score (nSPS) is 10.1. The van der Waals surface area contributed by atoms with Crippen molar-refractivity contribution in [2.45, 2.75) is 13.8 Å². The van der Waals surface area contributed by atoms with Crippen molar-refractivity contribution >= 4 is 63.0 Å². The summed E-state index contributed by atoms with van der Waals surface area (Å²) in [6.45, 7) is 3.80. The van der Waals surface area contributed by atoms with E-state index < -0.39 is 11.9 Å². The summed E-state index contributed by atoms with van der Waals surface area (Å²) in [4.78, 5) is 23.7. The lowest BCUT2D eigenvalue weighted by Gasteiger charge is -2.11. The van der Waals surface area contributed by atoms with Gasteiger partial charge in [-0.3, -0.25) is 0 Å². The molecule has 0 spiro atoms. The van der Waals surface area contributed by atoms with Crippen molar-refractivity contribution in [2.75, 3.05) is 18.6 Å². The summed E-state index contributed by atoms with van der Waals surface area (Å²) in [6.07, 6.45) is 0. The number of aromatic carboxylic acids is 2. The SMILES string of the molecule is Br.COc1c(N)cc(C)cc1-c1ccc(C(=O)O)s1.Cc1cc(N)c(O)c(-c2ccc(C(=O)O)s2)c1. The molecule has 0 aliphatic heterocycles. The first-order valence-corrected chi connectivity index (χ1v) is 11.8. The topological polar surface area (TPSA) is 156 Å². The predicted octanol–water partition coefficient (Wildman–Crippen LogP) is 6.30. The number of phenolic OH excluding ortho intramolecular Hbond substituents is 1. The number of methoxy groups -OCH3 is 1. The molecule has 0 unspecified atom stereocenters. The minimum absolute atomic E-state index is 0. The Morgan fingerprint density at radius 1 is 0.778 bits per heavy atom. The second-order valence-electron chi connectivity index (χ2n) is 7.62. The van der Waals surface area contributed by atoms with Crippen molar-refractivity contribution in [1.82, 2.24) is 0 Å².